The van der Waals surface area contributed by atoms with Crippen LogP contribution < -0.4 is 9.62 Å². The Hall–Kier alpha value is -2.38. The molecule has 0 radical (unpaired) electrons. The van der Waals surface area contributed by atoms with Gasteiger partial charge in [0.2, 0.25) is 15.9 Å². The molecule has 6 nitrogen and oxygen atoms in total. The zero-order valence-electron chi connectivity index (χ0n) is 15.9. The van der Waals surface area contributed by atoms with Crippen molar-refractivity contribution < 1.29 is 17.9 Å². The van der Waals surface area contributed by atoms with Gasteiger partial charge in [-0.1, -0.05) is 29.8 Å². The second-order valence-electron chi connectivity index (χ2n) is 6.46. The molecular formula is C20H26N2O4S. The number of aryl methyl sites for hydroxylation is 1. The lowest BCUT2D eigenvalue weighted by Crippen LogP contribution is -2.31. The zero-order valence-corrected chi connectivity index (χ0v) is 16.8. The monoisotopic (exact) mass is 390 g/mol. The molecule has 0 aliphatic heterocycles. The van der Waals surface area contributed by atoms with E-state index >= 15 is 0 Å². The van der Waals surface area contributed by atoms with Gasteiger partial charge in [-0.25, -0.2) is 8.42 Å². The van der Waals surface area contributed by atoms with Gasteiger partial charge in [0.25, 0.3) is 0 Å². The number of nitrogens with one attached hydrogen (secondary N) is 1. The lowest BCUT2D eigenvalue weighted by Gasteiger charge is -2.22. The Labute approximate surface area is 161 Å². The van der Waals surface area contributed by atoms with Gasteiger partial charge in [-0.15, -0.1) is 0 Å². The number of benzene rings is 2. The summed E-state index contributed by atoms with van der Waals surface area (Å²) in [6.45, 7) is 2.67. The maximum Gasteiger partial charge on any atom is 0.232 e. The van der Waals surface area contributed by atoms with Gasteiger partial charge in [-0.05, 0) is 43.2 Å². The van der Waals surface area contributed by atoms with Crippen molar-refractivity contribution in [2.75, 3.05) is 29.5 Å². The predicted molar refractivity (Wildman–Crippen MR) is 108 cm³/mol. The molecule has 0 aliphatic carbocycles. The minimum Gasteiger partial charge on any atom is -0.380 e. The number of carbonyl (C=O) groups excluding carboxylic acids is 1. The van der Waals surface area contributed by atoms with Gasteiger partial charge in [-0.3, -0.25) is 9.10 Å². The standard InChI is InChI=1S/C20H26N2O4S/c1-16-9-11-19(12-10-16)22(27(3,24)25)13-5-8-20(23)21-18-7-4-6-17(14-18)15-26-2/h4,6-7,9-12,14H,5,8,13,15H2,1-3H3,(H,21,23). The highest BCUT2D eigenvalue weighted by Gasteiger charge is 2.17. The van der Waals surface area contributed by atoms with Gasteiger partial charge >= 0.3 is 0 Å². The molecule has 2 aromatic carbocycles. The molecule has 0 saturated heterocycles. The fourth-order valence-corrected chi connectivity index (χ4v) is 3.68. The van der Waals surface area contributed by atoms with Crippen LogP contribution in [0.3, 0.4) is 0 Å². The highest BCUT2D eigenvalue weighted by atomic mass is 32.2. The molecule has 2 aromatic rings. The summed E-state index contributed by atoms with van der Waals surface area (Å²) in [5.74, 6) is -0.151. The summed E-state index contributed by atoms with van der Waals surface area (Å²) >= 11 is 0. The third-order valence-corrected chi connectivity index (χ3v) is 5.20. The topological polar surface area (TPSA) is 75.7 Å². The Bertz CT molecular complexity index is 864. The maximum absolute atomic E-state index is 12.2. The largest absolute Gasteiger partial charge is 0.380 e. The van der Waals surface area contributed by atoms with E-state index in [2.05, 4.69) is 5.32 Å². The van der Waals surface area contributed by atoms with E-state index in [0.717, 1.165) is 11.1 Å². The first-order valence-electron chi connectivity index (χ1n) is 8.71. The second-order valence-corrected chi connectivity index (χ2v) is 8.36. The van der Waals surface area contributed by atoms with Crippen molar-refractivity contribution in [2.45, 2.75) is 26.4 Å². The summed E-state index contributed by atoms with van der Waals surface area (Å²) in [6.07, 6.45) is 1.82. The summed E-state index contributed by atoms with van der Waals surface area (Å²) in [7, 11) is -1.79. The summed E-state index contributed by atoms with van der Waals surface area (Å²) < 4.78 is 30.6. The van der Waals surface area contributed by atoms with Gasteiger partial charge in [0, 0.05) is 25.8 Å². The number of amides is 1. The van der Waals surface area contributed by atoms with Crippen LogP contribution in [0.4, 0.5) is 11.4 Å². The summed E-state index contributed by atoms with van der Waals surface area (Å²) in [6, 6.07) is 14.7. The van der Waals surface area contributed by atoms with Gasteiger partial charge in [0.05, 0.1) is 18.6 Å². The molecule has 1 N–H and O–H groups in total. The van der Waals surface area contributed by atoms with E-state index in [1.54, 1.807) is 19.2 Å². The molecule has 1 amide bonds. The van der Waals surface area contributed by atoms with Crippen molar-refractivity contribution >= 4 is 27.3 Å². The predicted octanol–water partition coefficient (Wildman–Crippen LogP) is 3.33. The number of anilines is 2. The van der Waals surface area contributed by atoms with Crippen LogP contribution in [0.25, 0.3) is 0 Å². The molecule has 0 spiro atoms. The molecule has 27 heavy (non-hydrogen) atoms. The molecule has 0 aliphatic rings. The van der Waals surface area contributed by atoms with Crippen LogP contribution in [-0.4, -0.2) is 34.2 Å². The lowest BCUT2D eigenvalue weighted by molar-refractivity contribution is -0.116. The number of ether oxygens (including phenoxy) is 1. The van der Waals surface area contributed by atoms with E-state index in [4.69, 9.17) is 4.74 Å². The Morgan fingerprint density at radius 1 is 1.15 bits per heavy atom. The van der Waals surface area contributed by atoms with E-state index < -0.39 is 10.0 Å². The molecule has 0 heterocycles. The van der Waals surface area contributed by atoms with Crippen LogP contribution in [0.15, 0.2) is 48.5 Å². The highest BCUT2D eigenvalue weighted by molar-refractivity contribution is 7.92. The van der Waals surface area contributed by atoms with E-state index in [9.17, 15) is 13.2 Å². The van der Waals surface area contributed by atoms with E-state index in [0.29, 0.717) is 24.4 Å². The third-order valence-electron chi connectivity index (χ3n) is 4.01. The Morgan fingerprint density at radius 3 is 2.48 bits per heavy atom. The van der Waals surface area contributed by atoms with Gasteiger partial charge in [0.15, 0.2) is 0 Å². The molecule has 0 saturated carbocycles. The van der Waals surface area contributed by atoms with Crippen molar-refractivity contribution in [1.82, 2.24) is 0 Å². The van der Waals surface area contributed by atoms with E-state index in [-0.39, 0.29) is 18.9 Å². The summed E-state index contributed by atoms with van der Waals surface area (Å²) in [4.78, 5) is 12.2. The molecule has 0 unspecified atom stereocenters. The SMILES string of the molecule is COCc1cccc(NC(=O)CCCN(c2ccc(C)cc2)S(C)(=O)=O)c1. The Balaban J connectivity index is 1.93. The minimum absolute atomic E-state index is 0.151. The fourth-order valence-electron chi connectivity index (χ4n) is 2.71. The molecule has 2 rings (SSSR count). The van der Waals surface area contributed by atoms with Crippen molar-refractivity contribution in [3.05, 3.63) is 59.7 Å². The molecule has 0 aromatic heterocycles. The van der Waals surface area contributed by atoms with Gasteiger partial charge < -0.3 is 10.1 Å². The first kappa shape index (κ1) is 20.9. The van der Waals surface area contributed by atoms with Crippen molar-refractivity contribution in [3.8, 4) is 0 Å². The average Bonchev–Trinajstić information content (AvgIpc) is 2.59. The summed E-state index contributed by atoms with van der Waals surface area (Å²) in [5, 5.41) is 2.84. The fraction of sp³-hybridized carbons (Fsp3) is 0.350. The van der Waals surface area contributed by atoms with Crippen molar-refractivity contribution in [1.29, 1.82) is 0 Å². The molecule has 0 fully saturated rings. The number of methoxy groups -OCH3 is 1. The Morgan fingerprint density at radius 2 is 1.85 bits per heavy atom. The molecule has 0 atom stereocenters. The van der Waals surface area contributed by atoms with Crippen LogP contribution in [-0.2, 0) is 26.2 Å². The number of sulfonamides is 1. The maximum atomic E-state index is 12.2. The molecule has 146 valence electrons. The van der Waals surface area contributed by atoms with Crippen LogP contribution in [0, 0.1) is 6.92 Å². The van der Waals surface area contributed by atoms with Gasteiger partial charge in [0.1, 0.15) is 0 Å². The smallest absolute Gasteiger partial charge is 0.232 e. The highest BCUT2D eigenvalue weighted by Crippen LogP contribution is 2.19. The van der Waals surface area contributed by atoms with E-state index in [1.807, 2.05) is 43.3 Å². The van der Waals surface area contributed by atoms with Crippen molar-refractivity contribution in [3.63, 3.8) is 0 Å². The number of carbonyl (C=O) groups is 1. The van der Waals surface area contributed by atoms with Crippen LogP contribution >= 0.6 is 0 Å². The summed E-state index contributed by atoms with van der Waals surface area (Å²) in [5.41, 5.74) is 3.34. The first-order chi connectivity index (χ1) is 12.8. The molecule has 0 bridgehead atoms. The van der Waals surface area contributed by atoms with Crippen LogP contribution in [0.5, 0.6) is 0 Å². The van der Waals surface area contributed by atoms with Gasteiger partial charge in [-0.2, -0.15) is 0 Å². The number of nitrogens with zero attached hydrogens (tertiary/aromatic N) is 1. The molecular weight excluding hydrogens is 364 g/mol. The van der Waals surface area contributed by atoms with E-state index in [1.165, 1.54) is 10.6 Å². The van der Waals surface area contributed by atoms with Crippen LogP contribution in [0.1, 0.15) is 24.0 Å². The molecule has 7 heteroatoms. The van der Waals surface area contributed by atoms with Crippen molar-refractivity contribution in [2.24, 2.45) is 0 Å². The first-order valence-corrected chi connectivity index (χ1v) is 10.6. The number of hydrogen-bond acceptors (Lipinski definition) is 4. The second kappa shape index (κ2) is 9.53. The number of hydrogen-bond donors (Lipinski definition) is 1. The zero-order chi connectivity index (χ0) is 19.9. The average molecular weight is 391 g/mol. The number of rotatable bonds is 9. The normalized spacial score (nSPS) is 11.2. The Kier molecular flexibility index (Phi) is 7.38. The minimum atomic E-state index is -3.41. The van der Waals surface area contributed by atoms with Crippen LogP contribution in [0.2, 0.25) is 0 Å². The lowest BCUT2D eigenvalue weighted by atomic mass is 10.2. The quantitative estimate of drug-likeness (QED) is 0.713. The third kappa shape index (κ3) is 6.69.